The van der Waals surface area contributed by atoms with Crippen LogP contribution in [0.2, 0.25) is 0 Å². The lowest BCUT2D eigenvalue weighted by Crippen LogP contribution is -2.50. The molecule has 0 bridgehead atoms. The Morgan fingerprint density at radius 3 is 2.49 bits per heavy atom. The third-order valence-corrected chi connectivity index (χ3v) is 9.33. The highest BCUT2D eigenvalue weighted by Gasteiger charge is 2.47. The van der Waals surface area contributed by atoms with Crippen molar-refractivity contribution in [1.29, 1.82) is 0 Å². The Hall–Kier alpha value is -2.77. The Kier molecular flexibility index (Phi) is 7.50. The Bertz CT molecular complexity index is 1370. The quantitative estimate of drug-likeness (QED) is 0.564. The van der Waals surface area contributed by atoms with Crippen LogP contribution < -0.4 is 10.1 Å². The lowest BCUT2D eigenvalue weighted by Gasteiger charge is -2.34. The molecule has 1 unspecified atom stereocenters. The van der Waals surface area contributed by atoms with E-state index in [0.717, 1.165) is 23.3 Å². The summed E-state index contributed by atoms with van der Waals surface area (Å²) in [6.07, 6.45) is -2.67. The number of sulfonamides is 1. The molecule has 0 aromatic heterocycles. The molecule has 8 nitrogen and oxygen atoms in total. The van der Waals surface area contributed by atoms with E-state index >= 15 is 0 Å². The number of hydrogen-bond acceptors (Lipinski definition) is 6. The second kappa shape index (κ2) is 10.2. The van der Waals surface area contributed by atoms with Crippen LogP contribution in [0.5, 0.6) is 5.75 Å². The molecule has 37 heavy (non-hydrogen) atoms. The first-order valence-electron chi connectivity index (χ1n) is 11.5. The number of rotatable bonds is 7. The summed E-state index contributed by atoms with van der Waals surface area (Å²) in [6, 6.07) is 10.5. The smallest absolute Gasteiger partial charge is 0.406 e. The predicted octanol–water partition coefficient (Wildman–Crippen LogP) is 2.91. The van der Waals surface area contributed by atoms with Crippen molar-refractivity contribution in [1.82, 2.24) is 9.62 Å². The van der Waals surface area contributed by atoms with Crippen LogP contribution in [0.15, 0.2) is 52.4 Å². The molecule has 2 aliphatic heterocycles. The molecule has 0 aliphatic carbocycles. The molecule has 0 radical (unpaired) electrons. The number of halogens is 3. The third kappa shape index (κ3) is 6.21. The number of piperidine rings is 1. The van der Waals surface area contributed by atoms with E-state index in [-0.39, 0.29) is 43.1 Å². The minimum absolute atomic E-state index is 0.0937. The minimum Gasteiger partial charge on any atom is -0.406 e. The van der Waals surface area contributed by atoms with Gasteiger partial charge in [0.1, 0.15) is 17.1 Å². The first-order chi connectivity index (χ1) is 17.3. The van der Waals surface area contributed by atoms with E-state index in [0.29, 0.717) is 11.3 Å². The zero-order valence-corrected chi connectivity index (χ0v) is 21.8. The second-order valence-corrected chi connectivity index (χ2v) is 12.5. The van der Waals surface area contributed by atoms with E-state index in [9.17, 15) is 30.6 Å². The summed E-state index contributed by atoms with van der Waals surface area (Å²) in [7, 11) is -4.73. The summed E-state index contributed by atoms with van der Waals surface area (Å²) >= 11 is 0. The number of amidine groups is 1. The zero-order valence-electron chi connectivity index (χ0n) is 20.2. The highest BCUT2D eigenvalue weighted by atomic mass is 32.2. The summed E-state index contributed by atoms with van der Waals surface area (Å²) in [5, 5.41) is 2.62. The van der Waals surface area contributed by atoms with Gasteiger partial charge in [-0.2, -0.15) is 0 Å². The number of nitrogens with zero attached hydrogens (tertiary/aromatic N) is 2. The number of carbonyl (C=O) groups excluding carboxylic acids is 1. The van der Waals surface area contributed by atoms with E-state index in [4.69, 9.17) is 0 Å². The average Bonchev–Trinajstić information content (AvgIpc) is 3.13. The third-order valence-electron chi connectivity index (χ3n) is 6.54. The first-order valence-corrected chi connectivity index (χ1v) is 14.6. The number of alkyl halides is 3. The molecule has 1 atom stereocenters. The summed E-state index contributed by atoms with van der Waals surface area (Å²) < 4.78 is 80.6. The summed E-state index contributed by atoms with van der Waals surface area (Å²) in [4.78, 5) is 18.0. The monoisotopic (exact) mass is 557 g/mol. The zero-order chi connectivity index (χ0) is 27.0. The number of aliphatic imine (C=N–C) groups is 1. The lowest BCUT2D eigenvalue weighted by molar-refractivity contribution is -0.274. The molecule has 2 aromatic carbocycles. The van der Waals surface area contributed by atoms with E-state index in [1.807, 2.05) is 6.92 Å². The van der Waals surface area contributed by atoms with Gasteiger partial charge < -0.3 is 10.1 Å². The maximum atomic E-state index is 13.0. The lowest BCUT2D eigenvalue weighted by atomic mass is 9.89. The molecule has 2 heterocycles. The van der Waals surface area contributed by atoms with Crippen molar-refractivity contribution in [3.05, 3.63) is 59.2 Å². The maximum Gasteiger partial charge on any atom is 0.573 e. The van der Waals surface area contributed by atoms with E-state index in [1.54, 1.807) is 24.5 Å². The van der Waals surface area contributed by atoms with Crippen molar-refractivity contribution in [3.8, 4) is 5.75 Å². The Labute approximate surface area is 215 Å². The first kappa shape index (κ1) is 27.3. The fourth-order valence-corrected chi connectivity index (χ4v) is 6.54. The van der Waals surface area contributed by atoms with Gasteiger partial charge in [0, 0.05) is 40.6 Å². The molecule has 4 rings (SSSR count). The van der Waals surface area contributed by atoms with Gasteiger partial charge >= 0.3 is 6.36 Å². The minimum atomic E-state index is -4.85. The normalized spacial score (nSPS) is 18.9. The van der Waals surface area contributed by atoms with E-state index < -0.39 is 44.4 Å². The molecule has 200 valence electrons. The molecule has 0 saturated carbocycles. The molecular weight excluding hydrogens is 531 g/mol. The molecule has 1 N–H and O–H groups in total. The molecule has 1 amide bonds. The topological polar surface area (TPSA) is 105 Å². The van der Waals surface area contributed by atoms with Crippen LogP contribution in [0.1, 0.15) is 29.5 Å². The van der Waals surface area contributed by atoms with Crippen LogP contribution in [-0.4, -0.2) is 65.7 Å². The van der Waals surface area contributed by atoms with Crippen LogP contribution in [-0.2, 0) is 32.0 Å². The average molecular weight is 558 g/mol. The van der Waals surface area contributed by atoms with Gasteiger partial charge in [-0.05, 0) is 61.6 Å². The molecule has 1 saturated heterocycles. The molecular formula is C24H26F3N3O5S2. The van der Waals surface area contributed by atoms with Crippen molar-refractivity contribution >= 4 is 32.6 Å². The second-order valence-electron chi connectivity index (χ2n) is 9.03. The fraction of sp³-hybridized carbons (Fsp3) is 0.417. The SMILES string of the molecule is Cc1cc(S(C)=O)ccc1CCS(=O)(=O)N1CCC2(CC1)N=C(c1cccc(OC(F)(F)F)c1)NC2=O. The highest BCUT2D eigenvalue weighted by Crippen LogP contribution is 2.33. The van der Waals surface area contributed by atoms with Gasteiger partial charge in [-0.3, -0.25) is 14.0 Å². The number of nitrogens with one attached hydrogen (secondary N) is 1. The maximum absolute atomic E-state index is 13.0. The summed E-state index contributed by atoms with van der Waals surface area (Å²) in [5.74, 6) is -0.828. The van der Waals surface area contributed by atoms with Crippen LogP contribution >= 0.6 is 0 Å². The number of aryl methyl sites for hydroxylation is 2. The highest BCUT2D eigenvalue weighted by molar-refractivity contribution is 7.89. The van der Waals surface area contributed by atoms with Gasteiger partial charge in [-0.25, -0.2) is 12.7 Å². The van der Waals surface area contributed by atoms with Gasteiger partial charge in [0.2, 0.25) is 10.0 Å². The Balaban J connectivity index is 1.42. The van der Waals surface area contributed by atoms with Gasteiger partial charge in [-0.15, -0.1) is 13.2 Å². The molecule has 13 heteroatoms. The van der Waals surface area contributed by atoms with E-state index in [2.05, 4.69) is 15.0 Å². The standard InChI is InChI=1S/C24H26F3N3O5S2/c1-16-14-20(36(2)32)7-6-17(16)8-13-37(33,34)30-11-9-23(10-12-30)22(31)28-21(29-23)18-4-3-5-19(15-18)35-24(25,26)27/h3-7,14-15H,8-13H2,1-2H3,(H,28,29,31). The van der Waals surface area contributed by atoms with Gasteiger partial charge in [0.15, 0.2) is 0 Å². The number of ether oxygens (including phenoxy) is 1. The van der Waals surface area contributed by atoms with Crippen molar-refractivity contribution in [3.63, 3.8) is 0 Å². The fourth-order valence-electron chi connectivity index (χ4n) is 4.46. The molecule has 1 fully saturated rings. The number of amides is 1. The van der Waals surface area contributed by atoms with Crippen molar-refractivity contribution < 1.29 is 35.3 Å². The van der Waals surface area contributed by atoms with Crippen LogP contribution in [0, 0.1) is 6.92 Å². The molecule has 1 spiro atoms. The largest absolute Gasteiger partial charge is 0.573 e. The van der Waals surface area contributed by atoms with Gasteiger partial charge in [0.25, 0.3) is 5.91 Å². The predicted molar refractivity (Wildman–Crippen MR) is 132 cm³/mol. The van der Waals surface area contributed by atoms with Gasteiger partial charge in [0.05, 0.1) is 5.75 Å². The van der Waals surface area contributed by atoms with Crippen molar-refractivity contribution in [2.24, 2.45) is 4.99 Å². The van der Waals surface area contributed by atoms with Crippen LogP contribution in [0.4, 0.5) is 13.2 Å². The summed E-state index contributed by atoms with van der Waals surface area (Å²) in [5.41, 5.74) is 0.808. The number of hydrogen-bond donors (Lipinski definition) is 1. The molecule has 2 aromatic rings. The summed E-state index contributed by atoms with van der Waals surface area (Å²) in [6.45, 7) is 2.04. The van der Waals surface area contributed by atoms with Crippen molar-refractivity contribution in [2.45, 2.75) is 43.0 Å². The number of carbonyl (C=O) groups is 1. The van der Waals surface area contributed by atoms with Crippen LogP contribution in [0.3, 0.4) is 0 Å². The molecule has 2 aliphatic rings. The van der Waals surface area contributed by atoms with E-state index in [1.165, 1.54) is 16.4 Å². The van der Waals surface area contributed by atoms with Gasteiger partial charge in [-0.1, -0.05) is 18.2 Å². The number of benzene rings is 2. The Morgan fingerprint density at radius 1 is 1.16 bits per heavy atom. The van der Waals surface area contributed by atoms with Crippen molar-refractivity contribution in [2.75, 3.05) is 25.1 Å². The van der Waals surface area contributed by atoms with Crippen LogP contribution in [0.25, 0.3) is 0 Å². The Morgan fingerprint density at radius 2 is 1.86 bits per heavy atom.